The van der Waals surface area contributed by atoms with Gasteiger partial charge in [0.1, 0.15) is 17.5 Å². The molecular formula is C14H15F2N3. The van der Waals surface area contributed by atoms with Crippen LogP contribution in [0.15, 0.2) is 30.6 Å². The number of nitrogens with zero attached hydrogens (tertiary/aromatic N) is 2. The van der Waals surface area contributed by atoms with E-state index in [1.54, 1.807) is 12.4 Å². The quantitative estimate of drug-likeness (QED) is 0.920. The van der Waals surface area contributed by atoms with Gasteiger partial charge >= 0.3 is 0 Å². The normalized spacial score (nSPS) is 12.4. The summed E-state index contributed by atoms with van der Waals surface area (Å²) < 4.78 is 26.3. The monoisotopic (exact) mass is 263 g/mol. The highest BCUT2D eigenvalue weighted by Crippen LogP contribution is 2.12. The summed E-state index contributed by atoms with van der Waals surface area (Å²) in [7, 11) is 0. The smallest absolute Gasteiger partial charge is 0.132 e. The molecule has 1 unspecified atom stereocenters. The first-order valence-electron chi connectivity index (χ1n) is 6.04. The van der Waals surface area contributed by atoms with Gasteiger partial charge in [-0.3, -0.25) is 0 Å². The van der Waals surface area contributed by atoms with Gasteiger partial charge in [-0.05, 0) is 30.5 Å². The van der Waals surface area contributed by atoms with Crippen molar-refractivity contribution < 1.29 is 8.78 Å². The first-order valence-corrected chi connectivity index (χ1v) is 6.04. The predicted molar refractivity (Wildman–Crippen MR) is 68.5 cm³/mol. The summed E-state index contributed by atoms with van der Waals surface area (Å²) in [4.78, 5) is 8.33. The fourth-order valence-corrected chi connectivity index (χ4v) is 1.79. The van der Waals surface area contributed by atoms with E-state index >= 15 is 0 Å². The molecule has 2 N–H and O–H groups in total. The molecule has 0 saturated carbocycles. The van der Waals surface area contributed by atoms with E-state index in [-0.39, 0.29) is 12.5 Å². The van der Waals surface area contributed by atoms with E-state index in [4.69, 9.17) is 5.73 Å². The van der Waals surface area contributed by atoms with Gasteiger partial charge in [-0.1, -0.05) is 6.07 Å². The Morgan fingerprint density at radius 1 is 1.21 bits per heavy atom. The van der Waals surface area contributed by atoms with E-state index in [0.717, 1.165) is 11.6 Å². The molecular weight excluding hydrogens is 248 g/mol. The van der Waals surface area contributed by atoms with E-state index in [2.05, 4.69) is 9.97 Å². The molecule has 3 nitrogen and oxygen atoms in total. The average Bonchev–Trinajstić information content (AvgIpc) is 2.34. The maximum absolute atomic E-state index is 13.5. The Labute approximate surface area is 110 Å². The summed E-state index contributed by atoms with van der Waals surface area (Å²) in [5, 5.41) is 0. The molecule has 2 aromatic rings. The average molecular weight is 263 g/mol. The van der Waals surface area contributed by atoms with Gasteiger partial charge in [-0.15, -0.1) is 0 Å². The van der Waals surface area contributed by atoms with Crippen LogP contribution in [0, 0.1) is 11.6 Å². The highest BCUT2D eigenvalue weighted by atomic mass is 19.1. The number of hydrogen-bond donors (Lipinski definition) is 1. The second kappa shape index (κ2) is 5.84. The predicted octanol–water partition coefficient (Wildman–Crippen LogP) is 2.24. The third-order valence-electron chi connectivity index (χ3n) is 2.68. The fourth-order valence-electron chi connectivity index (χ4n) is 1.79. The van der Waals surface area contributed by atoms with E-state index in [9.17, 15) is 8.78 Å². The van der Waals surface area contributed by atoms with Gasteiger partial charge in [-0.25, -0.2) is 18.7 Å². The molecule has 1 aromatic heterocycles. The van der Waals surface area contributed by atoms with Crippen molar-refractivity contribution in [3.8, 4) is 0 Å². The van der Waals surface area contributed by atoms with Crippen molar-refractivity contribution >= 4 is 0 Å². The van der Waals surface area contributed by atoms with Gasteiger partial charge in [0.25, 0.3) is 0 Å². The molecule has 5 heteroatoms. The second-order valence-electron chi connectivity index (χ2n) is 4.60. The van der Waals surface area contributed by atoms with Crippen molar-refractivity contribution in [2.75, 3.05) is 0 Å². The lowest BCUT2D eigenvalue weighted by molar-refractivity contribution is 0.573. The number of halogens is 2. The summed E-state index contributed by atoms with van der Waals surface area (Å²) in [6.07, 6.45) is 4.32. The van der Waals surface area contributed by atoms with E-state index < -0.39 is 11.6 Å². The van der Waals surface area contributed by atoms with Crippen LogP contribution in [0.3, 0.4) is 0 Å². The molecule has 1 atom stereocenters. The molecule has 0 fully saturated rings. The van der Waals surface area contributed by atoms with Gasteiger partial charge in [0.2, 0.25) is 0 Å². The summed E-state index contributed by atoms with van der Waals surface area (Å²) in [5.74, 6) is -0.670. The zero-order chi connectivity index (χ0) is 13.8. The number of nitrogens with two attached hydrogens (primary N) is 1. The van der Waals surface area contributed by atoms with Gasteiger partial charge in [0, 0.05) is 30.9 Å². The van der Waals surface area contributed by atoms with Crippen LogP contribution in [0.25, 0.3) is 0 Å². The summed E-state index contributed by atoms with van der Waals surface area (Å²) in [5.41, 5.74) is 7.00. The van der Waals surface area contributed by atoms with Crippen molar-refractivity contribution in [1.29, 1.82) is 0 Å². The molecule has 0 radical (unpaired) electrons. The Balaban J connectivity index is 2.10. The van der Waals surface area contributed by atoms with Gasteiger partial charge < -0.3 is 5.73 Å². The van der Waals surface area contributed by atoms with Crippen LogP contribution in [0.4, 0.5) is 8.78 Å². The number of benzene rings is 1. The SMILES string of the molecule is CC(N)Cc1cnc(Cc2ccc(F)cc2F)nc1. The number of hydrogen-bond acceptors (Lipinski definition) is 3. The molecule has 0 aliphatic carbocycles. The van der Waals surface area contributed by atoms with E-state index in [1.165, 1.54) is 12.1 Å². The molecule has 0 aliphatic heterocycles. The van der Waals surface area contributed by atoms with Crippen molar-refractivity contribution in [1.82, 2.24) is 9.97 Å². The van der Waals surface area contributed by atoms with Crippen LogP contribution < -0.4 is 5.73 Å². The lowest BCUT2D eigenvalue weighted by atomic mass is 10.1. The highest BCUT2D eigenvalue weighted by Gasteiger charge is 2.07. The first kappa shape index (κ1) is 13.5. The van der Waals surface area contributed by atoms with Crippen molar-refractivity contribution in [2.24, 2.45) is 5.73 Å². The third-order valence-corrected chi connectivity index (χ3v) is 2.68. The van der Waals surface area contributed by atoms with Gasteiger partial charge in [0.15, 0.2) is 0 Å². The molecule has 0 aliphatic rings. The van der Waals surface area contributed by atoms with E-state index in [1.807, 2.05) is 6.92 Å². The van der Waals surface area contributed by atoms with Gasteiger partial charge in [0.05, 0.1) is 0 Å². The Bertz CT molecular complexity index is 553. The van der Waals surface area contributed by atoms with Crippen molar-refractivity contribution in [2.45, 2.75) is 25.8 Å². The Morgan fingerprint density at radius 3 is 2.47 bits per heavy atom. The minimum absolute atomic E-state index is 0.0454. The fraction of sp³-hybridized carbons (Fsp3) is 0.286. The number of rotatable bonds is 4. The minimum Gasteiger partial charge on any atom is -0.328 e. The third kappa shape index (κ3) is 3.79. The highest BCUT2D eigenvalue weighted by molar-refractivity contribution is 5.22. The standard InChI is InChI=1S/C14H15F2N3/c1-9(17)4-10-7-18-14(19-8-10)5-11-2-3-12(15)6-13(11)16/h2-3,6-9H,4-5,17H2,1H3. The van der Waals surface area contributed by atoms with Crippen LogP contribution in [0.1, 0.15) is 23.9 Å². The topological polar surface area (TPSA) is 51.8 Å². The molecule has 0 spiro atoms. The summed E-state index contributed by atoms with van der Waals surface area (Å²) >= 11 is 0. The molecule has 1 aromatic carbocycles. The van der Waals surface area contributed by atoms with Crippen LogP contribution in [0.5, 0.6) is 0 Å². The molecule has 2 rings (SSSR count). The zero-order valence-electron chi connectivity index (χ0n) is 10.6. The molecule has 1 heterocycles. The Kier molecular flexibility index (Phi) is 4.16. The lowest BCUT2D eigenvalue weighted by Crippen LogP contribution is -2.18. The van der Waals surface area contributed by atoms with E-state index in [0.29, 0.717) is 17.8 Å². The molecule has 100 valence electrons. The van der Waals surface area contributed by atoms with Gasteiger partial charge in [-0.2, -0.15) is 0 Å². The maximum Gasteiger partial charge on any atom is 0.132 e. The van der Waals surface area contributed by atoms with Crippen LogP contribution in [0.2, 0.25) is 0 Å². The Morgan fingerprint density at radius 2 is 1.89 bits per heavy atom. The van der Waals surface area contributed by atoms with Crippen molar-refractivity contribution in [3.05, 3.63) is 59.2 Å². The lowest BCUT2D eigenvalue weighted by Gasteiger charge is -2.06. The maximum atomic E-state index is 13.5. The second-order valence-corrected chi connectivity index (χ2v) is 4.60. The summed E-state index contributed by atoms with van der Waals surface area (Å²) in [6.45, 7) is 1.90. The molecule has 0 bridgehead atoms. The number of aromatic nitrogens is 2. The van der Waals surface area contributed by atoms with Crippen LogP contribution in [-0.4, -0.2) is 16.0 Å². The summed E-state index contributed by atoms with van der Waals surface area (Å²) in [6, 6.07) is 3.54. The Hall–Kier alpha value is -1.88. The van der Waals surface area contributed by atoms with Crippen LogP contribution >= 0.6 is 0 Å². The zero-order valence-corrected chi connectivity index (χ0v) is 10.6. The minimum atomic E-state index is -0.588. The largest absolute Gasteiger partial charge is 0.328 e. The van der Waals surface area contributed by atoms with Crippen LogP contribution in [-0.2, 0) is 12.8 Å². The molecule has 19 heavy (non-hydrogen) atoms. The molecule has 0 saturated heterocycles. The van der Waals surface area contributed by atoms with Crippen molar-refractivity contribution in [3.63, 3.8) is 0 Å². The first-order chi connectivity index (χ1) is 9.04. The molecule has 0 amide bonds.